The van der Waals surface area contributed by atoms with E-state index in [4.69, 9.17) is 14.5 Å². The fraction of sp³-hybridized carbons (Fsp3) is 0.360. The van der Waals surface area contributed by atoms with Crippen LogP contribution < -0.4 is 9.47 Å². The monoisotopic (exact) mass is 438 g/mol. The molecule has 0 bridgehead atoms. The van der Waals surface area contributed by atoms with Crippen molar-refractivity contribution in [2.75, 3.05) is 13.7 Å². The number of carbonyl (C=O) groups is 1. The van der Waals surface area contributed by atoms with Crippen molar-refractivity contribution >= 4 is 17.2 Å². The maximum absolute atomic E-state index is 13.2. The molecule has 0 fully saturated rings. The molecule has 3 rings (SSSR count). The lowest BCUT2D eigenvalue weighted by Crippen LogP contribution is -2.33. The van der Waals surface area contributed by atoms with Gasteiger partial charge in [-0.3, -0.25) is 4.79 Å². The van der Waals surface area contributed by atoms with Gasteiger partial charge >= 0.3 is 0 Å². The third-order valence-electron chi connectivity index (χ3n) is 4.70. The van der Waals surface area contributed by atoms with Crippen LogP contribution in [0.15, 0.2) is 47.8 Å². The number of benzene rings is 2. The van der Waals surface area contributed by atoms with Crippen LogP contribution in [0.25, 0.3) is 0 Å². The molecule has 1 aromatic heterocycles. The smallest absolute Gasteiger partial charge is 0.254 e. The number of ether oxygens (including phenoxy) is 2. The highest BCUT2D eigenvalue weighted by molar-refractivity contribution is 7.09. The van der Waals surface area contributed by atoms with Crippen molar-refractivity contribution in [3.63, 3.8) is 0 Å². The molecular weight excluding hydrogens is 408 g/mol. The first-order chi connectivity index (χ1) is 14.8. The van der Waals surface area contributed by atoms with Gasteiger partial charge < -0.3 is 14.4 Å². The number of aryl methyl sites for hydroxylation is 2. The number of aromatic nitrogens is 1. The highest BCUT2D eigenvalue weighted by Gasteiger charge is 2.19. The molecule has 0 N–H and O–H groups in total. The standard InChI is InChI=1S/C25H30N2O3S/c1-17(2)13-27(25(28)20-7-6-8-22(12-20)29-5)14-21-16-31-24(26-21)15-30-23-10-18(3)9-19(4)11-23/h6-12,16-17H,13-15H2,1-5H3. The molecule has 0 spiro atoms. The van der Waals surface area contributed by atoms with Crippen LogP contribution >= 0.6 is 11.3 Å². The van der Waals surface area contributed by atoms with E-state index in [0.29, 0.717) is 36.9 Å². The molecule has 1 amide bonds. The van der Waals surface area contributed by atoms with Gasteiger partial charge in [0.1, 0.15) is 23.1 Å². The van der Waals surface area contributed by atoms with E-state index in [1.807, 2.05) is 40.6 Å². The molecule has 0 atom stereocenters. The molecule has 0 aliphatic heterocycles. The number of amides is 1. The van der Waals surface area contributed by atoms with Crippen LogP contribution in [0.1, 0.15) is 46.0 Å². The number of thiazole rings is 1. The average Bonchev–Trinajstić information content (AvgIpc) is 3.17. The van der Waals surface area contributed by atoms with Gasteiger partial charge in [0.15, 0.2) is 0 Å². The number of methoxy groups -OCH3 is 1. The second kappa shape index (κ2) is 10.4. The lowest BCUT2D eigenvalue weighted by molar-refractivity contribution is 0.0720. The number of hydrogen-bond acceptors (Lipinski definition) is 5. The molecule has 2 aromatic carbocycles. The van der Waals surface area contributed by atoms with Crippen molar-refractivity contribution in [2.24, 2.45) is 5.92 Å². The Morgan fingerprint density at radius 1 is 1.10 bits per heavy atom. The third kappa shape index (κ3) is 6.56. The van der Waals surface area contributed by atoms with E-state index in [0.717, 1.165) is 16.5 Å². The van der Waals surface area contributed by atoms with Crippen molar-refractivity contribution in [3.05, 3.63) is 75.2 Å². The van der Waals surface area contributed by atoms with E-state index in [-0.39, 0.29) is 5.91 Å². The summed E-state index contributed by atoms with van der Waals surface area (Å²) in [4.78, 5) is 19.7. The predicted octanol–water partition coefficient (Wildman–Crippen LogP) is 5.65. The van der Waals surface area contributed by atoms with Crippen LogP contribution in [-0.2, 0) is 13.2 Å². The lowest BCUT2D eigenvalue weighted by atomic mass is 10.1. The third-order valence-corrected chi connectivity index (χ3v) is 5.57. The average molecular weight is 439 g/mol. The summed E-state index contributed by atoms with van der Waals surface area (Å²) in [6.07, 6.45) is 0. The van der Waals surface area contributed by atoms with Gasteiger partial charge in [0, 0.05) is 17.5 Å². The second-order valence-corrected chi connectivity index (χ2v) is 9.10. The van der Waals surface area contributed by atoms with Crippen LogP contribution in [-0.4, -0.2) is 29.4 Å². The van der Waals surface area contributed by atoms with Crippen LogP contribution in [0.5, 0.6) is 11.5 Å². The normalized spacial score (nSPS) is 10.9. The molecule has 0 radical (unpaired) electrons. The van der Waals surface area contributed by atoms with E-state index < -0.39 is 0 Å². The van der Waals surface area contributed by atoms with Gasteiger partial charge in [-0.05, 0) is 61.2 Å². The van der Waals surface area contributed by atoms with Crippen molar-refractivity contribution in [3.8, 4) is 11.5 Å². The Hall–Kier alpha value is -2.86. The quantitative estimate of drug-likeness (QED) is 0.433. The Kier molecular flexibility index (Phi) is 7.69. The summed E-state index contributed by atoms with van der Waals surface area (Å²) < 4.78 is 11.2. The number of nitrogens with zero attached hydrogens (tertiary/aromatic N) is 2. The van der Waals surface area contributed by atoms with Gasteiger partial charge in [-0.15, -0.1) is 11.3 Å². The van der Waals surface area contributed by atoms with E-state index in [1.165, 1.54) is 11.1 Å². The van der Waals surface area contributed by atoms with Crippen LogP contribution in [0.3, 0.4) is 0 Å². The highest BCUT2D eigenvalue weighted by Crippen LogP contribution is 2.21. The fourth-order valence-corrected chi connectivity index (χ4v) is 4.14. The van der Waals surface area contributed by atoms with Crippen molar-refractivity contribution < 1.29 is 14.3 Å². The zero-order chi connectivity index (χ0) is 22.4. The van der Waals surface area contributed by atoms with Gasteiger partial charge in [-0.2, -0.15) is 0 Å². The molecule has 5 nitrogen and oxygen atoms in total. The number of rotatable bonds is 9. The summed E-state index contributed by atoms with van der Waals surface area (Å²) in [6.45, 7) is 9.87. The van der Waals surface area contributed by atoms with Gasteiger partial charge in [0.05, 0.1) is 19.3 Å². The number of carbonyl (C=O) groups excluding carboxylic acids is 1. The molecule has 0 aliphatic rings. The van der Waals surface area contributed by atoms with E-state index in [2.05, 4.69) is 33.8 Å². The summed E-state index contributed by atoms with van der Waals surface area (Å²) in [5.41, 5.74) is 3.85. The zero-order valence-corrected chi connectivity index (χ0v) is 19.7. The van der Waals surface area contributed by atoms with Gasteiger partial charge in [-0.1, -0.05) is 26.0 Å². The van der Waals surface area contributed by atoms with E-state index >= 15 is 0 Å². The van der Waals surface area contributed by atoms with Gasteiger partial charge in [0.2, 0.25) is 0 Å². The van der Waals surface area contributed by atoms with Crippen molar-refractivity contribution in [1.82, 2.24) is 9.88 Å². The van der Waals surface area contributed by atoms with E-state index in [1.54, 1.807) is 24.5 Å². The zero-order valence-electron chi connectivity index (χ0n) is 18.8. The largest absolute Gasteiger partial charge is 0.497 e. The van der Waals surface area contributed by atoms with Crippen molar-refractivity contribution in [2.45, 2.75) is 40.8 Å². The minimum atomic E-state index is -0.0198. The molecule has 0 aliphatic carbocycles. The van der Waals surface area contributed by atoms with Crippen LogP contribution in [0.2, 0.25) is 0 Å². The minimum absolute atomic E-state index is 0.0198. The van der Waals surface area contributed by atoms with E-state index in [9.17, 15) is 4.79 Å². The molecular formula is C25H30N2O3S. The number of hydrogen-bond donors (Lipinski definition) is 0. The first kappa shape index (κ1) is 22.8. The van der Waals surface area contributed by atoms with Crippen LogP contribution in [0.4, 0.5) is 0 Å². The molecule has 3 aromatic rings. The van der Waals surface area contributed by atoms with Gasteiger partial charge in [-0.25, -0.2) is 4.98 Å². The molecule has 0 saturated heterocycles. The first-order valence-electron chi connectivity index (χ1n) is 10.4. The summed E-state index contributed by atoms with van der Waals surface area (Å²) >= 11 is 1.56. The maximum atomic E-state index is 13.2. The minimum Gasteiger partial charge on any atom is -0.497 e. The molecule has 6 heteroatoms. The lowest BCUT2D eigenvalue weighted by Gasteiger charge is -2.24. The fourth-order valence-electron chi connectivity index (χ4n) is 3.44. The first-order valence-corrected chi connectivity index (χ1v) is 11.3. The molecule has 0 unspecified atom stereocenters. The Morgan fingerprint density at radius 2 is 1.84 bits per heavy atom. The maximum Gasteiger partial charge on any atom is 0.254 e. The Balaban J connectivity index is 1.69. The summed E-state index contributed by atoms with van der Waals surface area (Å²) in [6, 6.07) is 13.5. The Bertz CT molecular complexity index is 1010. The van der Waals surface area contributed by atoms with Crippen LogP contribution in [0, 0.1) is 19.8 Å². The summed E-state index contributed by atoms with van der Waals surface area (Å²) in [7, 11) is 1.60. The van der Waals surface area contributed by atoms with Crippen molar-refractivity contribution in [1.29, 1.82) is 0 Å². The Morgan fingerprint density at radius 3 is 2.52 bits per heavy atom. The predicted molar refractivity (Wildman–Crippen MR) is 125 cm³/mol. The van der Waals surface area contributed by atoms with Gasteiger partial charge in [0.25, 0.3) is 5.91 Å². The summed E-state index contributed by atoms with van der Waals surface area (Å²) in [5, 5.41) is 2.90. The molecule has 0 saturated carbocycles. The summed E-state index contributed by atoms with van der Waals surface area (Å²) in [5.74, 6) is 1.85. The molecule has 31 heavy (non-hydrogen) atoms. The second-order valence-electron chi connectivity index (χ2n) is 8.16. The SMILES string of the molecule is COc1cccc(C(=O)N(Cc2csc(COc3cc(C)cc(C)c3)n2)CC(C)C)c1. The molecule has 164 valence electrons. The highest BCUT2D eigenvalue weighted by atomic mass is 32.1. The topological polar surface area (TPSA) is 51.7 Å². The molecule has 1 heterocycles. The Labute approximate surface area is 188 Å².